The Hall–Kier alpha value is -1.60. The van der Waals surface area contributed by atoms with Crippen molar-refractivity contribution in [1.29, 1.82) is 0 Å². The van der Waals surface area contributed by atoms with Gasteiger partial charge in [-0.1, -0.05) is 12.1 Å². The Morgan fingerprint density at radius 2 is 2.10 bits per heavy atom. The summed E-state index contributed by atoms with van der Waals surface area (Å²) in [6.45, 7) is 0.858. The van der Waals surface area contributed by atoms with Gasteiger partial charge in [-0.15, -0.1) is 0 Å². The molecule has 1 aliphatic heterocycles. The van der Waals surface area contributed by atoms with E-state index in [1.54, 1.807) is 18.2 Å². The molecule has 1 aliphatic rings. The lowest BCUT2D eigenvalue weighted by Gasteiger charge is -2.22. The fraction of sp³-hybridized carbons (Fsp3) is 0.462. The highest BCUT2D eigenvalue weighted by Gasteiger charge is 2.32. The zero-order valence-corrected chi connectivity index (χ0v) is 12.0. The normalized spacial score (nSPS) is 20.8. The van der Waals surface area contributed by atoms with Crippen molar-refractivity contribution in [2.75, 3.05) is 12.8 Å². The van der Waals surface area contributed by atoms with Gasteiger partial charge in [-0.3, -0.25) is 4.57 Å². The Bertz CT molecular complexity index is 790. The molecule has 0 aliphatic carbocycles. The summed E-state index contributed by atoms with van der Waals surface area (Å²) in [6, 6.07) is 6.99. The molecule has 108 valence electrons. The number of fused-ring (bicyclic) bond motifs is 1. The summed E-state index contributed by atoms with van der Waals surface area (Å²) in [4.78, 5) is 11.9. The van der Waals surface area contributed by atoms with Crippen LogP contribution in [-0.2, 0) is 16.6 Å². The summed E-state index contributed by atoms with van der Waals surface area (Å²) in [7, 11) is -3.23. The van der Waals surface area contributed by atoms with Crippen molar-refractivity contribution in [2.45, 2.75) is 25.4 Å². The number of oxazole rings is 1. The Kier molecular flexibility index (Phi) is 3.18. The summed E-state index contributed by atoms with van der Waals surface area (Å²) < 4.78 is 31.6. The minimum Gasteiger partial charge on any atom is -0.408 e. The van der Waals surface area contributed by atoms with Crippen LogP contribution in [0.15, 0.2) is 33.5 Å². The molecule has 2 heterocycles. The molecule has 1 aromatic carbocycles. The molecular weight excluding hydrogens is 280 g/mol. The Labute approximate surface area is 116 Å². The molecular formula is C13H16N2O4S. The van der Waals surface area contributed by atoms with Crippen LogP contribution in [0.2, 0.25) is 0 Å². The second kappa shape index (κ2) is 4.75. The predicted octanol–water partition coefficient (Wildman–Crippen LogP) is 1.02. The van der Waals surface area contributed by atoms with E-state index in [1.807, 2.05) is 6.07 Å². The van der Waals surface area contributed by atoms with Crippen LogP contribution in [0.1, 0.15) is 12.8 Å². The molecule has 0 bridgehead atoms. The van der Waals surface area contributed by atoms with Crippen molar-refractivity contribution in [1.82, 2.24) is 8.87 Å². The molecule has 2 aromatic rings. The third-order valence-electron chi connectivity index (χ3n) is 3.72. The number of nitrogens with zero attached hydrogens (tertiary/aromatic N) is 2. The van der Waals surface area contributed by atoms with Crippen LogP contribution in [0.3, 0.4) is 0 Å². The van der Waals surface area contributed by atoms with E-state index in [9.17, 15) is 13.2 Å². The van der Waals surface area contributed by atoms with Gasteiger partial charge >= 0.3 is 5.76 Å². The van der Waals surface area contributed by atoms with Crippen molar-refractivity contribution >= 4 is 21.1 Å². The number of aromatic nitrogens is 1. The maximum atomic E-state index is 11.9. The molecule has 3 rings (SSSR count). The average Bonchev–Trinajstić information content (AvgIpc) is 2.95. The molecule has 0 saturated carbocycles. The Morgan fingerprint density at radius 3 is 2.85 bits per heavy atom. The van der Waals surface area contributed by atoms with Crippen LogP contribution < -0.4 is 5.76 Å². The first kappa shape index (κ1) is 13.4. The van der Waals surface area contributed by atoms with Crippen LogP contribution in [0, 0.1) is 0 Å². The second-order valence-electron chi connectivity index (χ2n) is 5.12. The molecule has 0 radical (unpaired) electrons. The first-order valence-electron chi connectivity index (χ1n) is 6.52. The highest BCUT2D eigenvalue weighted by atomic mass is 32.2. The lowest BCUT2D eigenvalue weighted by atomic mass is 10.2. The Morgan fingerprint density at radius 1 is 1.35 bits per heavy atom. The molecule has 0 amide bonds. The van der Waals surface area contributed by atoms with E-state index in [2.05, 4.69) is 0 Å². The van der Waals surface area contributed by atoms with Gasteiger partial charge in [0.2, 0.25) is 10.0 Å². The van der Waals surface area contributed by atoms with Gasteiger partial charge in [0.15, 0.2) is 5.58 Å². The molecule has 6 nitrogen and oxygen atoms in total. The molecule has 7 heteroatoms. The van der Waals surface area contributed by atoms with Crippen molar-refractivity contribution in [2.24, 2.45) is 0 Å². The highest BCUT2D eigenvalue weighted by molar-refractivity contribution is 7.88. The van der Waals surface area contributed by atoms with Crippen LogP contribution in [-0.4, -0.2) is 36.1 Å². The molecule has 1 fully saturated rings. The minimum atomic E-state index is -3.23. The summed E-state index contributed by atoms with van der Waals surface area (Å²) in [5, 5.41) is 0. The van der Waals surface area contributed by atoms with Gasteiger partial charge < -0.3 is 4.42 Å². The van der Waals surface area contributed by atoms with E-state index in [0.717, 1.165) is 12.8 Å². The summed E-state index contributed by atoms with van der Waals surface area (Å²) >= 11 is 0. The van der Waals surface area contributed by atoms with Gasteiger partial charge in [-0.2, -0.15) is 4.31 Å². The Balaban J connectivity index is 1.97. The quantitative estimate of drug-likeness (QED) is 0.847. The molecule has 0 unspecified atom stereocenters. The predicted molar refractivity (Wildman–Crippen MR) is 75.0 cm³/mol. The number of para-hydroxylation sites is 2. The number of benzene rings is 1. The molecule has 1 aromatic heterocycles. The summed E-state index contributed by atoms with van der Waals surface area (Å²) in [5.41, 5.74) is 1.24. The largest absolute Gasteiger partial charge is 0.420 e. The standard InChI is InChI=1S/C13H16N2O4S/c1-20(17,18)15-8-4-5-10(15)9-14-11-6-2-3-7-12(11)19-13(14)16/h2-3,6-7,10H,4-5,8-9H2,1H3/t10-/m1/s1. The maximum Gasteiger partial charge on any atom is 0.420 e. The first-order chi connectivity index (χ1) is 9.47. The van der Waals surface area contributed by atoms with Gasteiger partial charge in [0, 0.05) is 19.1 Å². The van der Waals surface area contributed by atoms with Gasteiger partial charge in [0.05, 0.1) is 11.8 Å². The molecule has 1 saturated heterocycles. The van der Waals surface area contributed by atoms with Gasteiger partial charge in [0.1, 0.15) is 0 Å². The van der Waals surface area contributed by atoms with Crippen molar-refractivity contribution in [3.63, 3.8) is 0 Å². The zero-order chi connectivity index (χ0) is 14.3. The van der Waals surface area contributed by atoms with E-state index in [4.69, 9.17) is 4.42 Å². The van der Waals surface area contributed by atoms with Gasteiger partial charge in [0.25, 0.3) is 0 Å². The van der Waals surface area contributed by atoms with Crippen LogP contribution in [0.25, 0.3) is 11.1 Å². The number of hydrogen-bond donors (Lipinski definition) is 0. The van der Waals surface area contributed by atoms with Gasteiger partial charge in [-0.05, 0) is 25.0 Å². The van der Waals surface area contributed by atoms with Gasteiger partial charge in [-0.25, -0.2) is 13.2 Å². The third-order valence-corrected chi connectivity index (χ3v) is 5.05. The molecule has 0 N–H and O–H groups in total. The van der Waals surface area contributed by atoms with Crippen LogP contribution >= 0.6 is 0 Å². The fourth-order valence-electron chi connectivity index (χ4n) is 2.83. The second-order valence-corrected chi connectivity index (χ2v) is 7.05. The third kappa shape index (κ3) is 2.27. The topological polar surface area (TPSA) is 72.5 Å². The molecule has 0 spiro atoms. The SMILES string of the molecule is CS(=O)(=O)N1CCC[C@@H]1Cn1c(=O)oc2ccccc21. The maximum absolute atomic E-state index is 11.9. The number of sulfonamides is 1. The average molecular weight is 296 g/mol. The molecule has 1 atom stereocenters. The van der Waals surface area contributed by atoms with Crippen molar-refractivity contribution < 1.29 is 12.8 Å². The number of hydrogen-bond acceptors (Lipinski definition) is 4. The van der Waals surface area contributed by atoms with E-state index in [1.165, 1.54) is 15.1 Å². The lowest BCUT2D eigenvalue weighted by molar-refractivity contribution is 0.346. The summed E-state index contributed by atoms with van der Waals surface area (Å²) in [6.07, 6.45) is 2.79. The zero-order valence-electron chi connectivity index (χ0n) is 11.2. The van der Waals surface area contributed by atoms with E-state index < -0.39 is 15.8 Å². The lowest BCUT2D eigenvalue weighted by Crippen LogP contribution is -2.38. The van der Waals surface area contributed by atoms with Crippen molar-refractivity contribution in [3.05, 3.63) is 34.8 Å². The monoisotopic (exact) mass is 296 g/mol. The first-order valence-corrected chi connectivity index (χ1v) is 8.37. The fourth-order valence-corrected chi connectivity index (χ4v) is 4.00. The van der Waals surface area contributed by atoms with E-state index in [0.29, 0.717) is 24.2 Å². The smallest absolute Gasteiger partial charge is 0.408 e. The highest BCUT2D eigenvalue weighted by Crippen LogP contribution is 2.23. The van der Waals surface area contributed by atoms with E-state index in [-0.39, 0.29) is 6.04 Å². The van der Waals surface area contributed by atoms with Crippen molar-refractivity contribution in [3.8, 4) is 0 Å². The number of rotatable bonds is 3. The van der Waals surface area contributed by atoms with Crippen LogP contribution in [0.5, 0.6) is 0 Å². The summed E-state index contributed by atoms with van der Waals surface area (Å²) in [5.74, 6) is -0.438. The minimum absolute atomic E-state index is 0.177. The molecule has 20 heavy (non-hydrogen) atoms. The van der Waals surface area contributed by atoms with Crippen LogP contribution in [0.4, 0.5) is 0 Å². The van der Waals surface area contributed by atoms with E-state index >= 15 is 0 Å².